The highest BCUT2D eigenvalue weighted by Gasteiger charge is 2.22. The summed E-state index contributed by atoms with van der Waals surface area (Å²) in [6.07, 6.45) is 15.7. The van der Waals surface area contributed by atoms with Gasteiger partial charge >= 0.3 is 0 Å². The molecule has 1 aromatic heterocycles. The first-order chi connectivity index (χ1) is 18.5. The Kier molecular flexibility index (Phi) is 6.34. The van der Waals surface area contributed by atoms with Crippen LogP contribution in [0.3, 0.4) is 0 Å². The lowest BCUT2D eigenvalue weighted by atomic mass is 9.90. The van der Waals surface area contributed by atoms with Crippen LogP contribution in [0.5, 0.6) is 0 Å². The molecule has 2 heterocycles. The van der Waals surface area contributed by atoms with Gasteiger partial charge in [-0.2, -0.15) is 0 Å². The normalized spacial score (nSPS) is 22.3. The maximum atomic E-state index is 12.2. The van der Waals surface area contributed by atoms with Gasteiger partial charge in [0.05, 0.1) is 23.4 Å². The summed E-state index contributed by atoms with van der Waals surface area (Å²) in [5, 5.41) is 19.1. The molecule has 1 fully saturated rings. The molecule has 2 aromatic carbocycles. The van der Waals surface area contributed by atoms with Gasteiger partial charge in [-0.15, -0.1) is 0 Å². The third-order valence-electron chi connectivity index (χ3n) is 7.73. The number of amides is 1. The van der Waals surface area contributed by atoms with Gasteiger partial charge in [0.1, 0.15) is 0 Å². The van der Waals surface area contributed by atoms with Crippen molar-refractivity contribution in [2.24, 2.45) is 5.73 Å². The van der Waals surface area contributed by atoms with Crippen LogP contribution in [0.15, 0.2) is 84.6 Å². The van der Waals surface area contributed by atoms with Crippen molar-refractivity contribution in [3.63, 3.8) is 0 Å². The zero-order chi connectivity index (χ0) is 26.2. The zero-order valence-corrected chi connectivity index (χ0v) is 21.4. The minimum atomic E-state index is -0.464. The lowest BCUT2D eigenvalue weighted by Gasteiger charge is -2.28. The Morgan fingerprint density at radius 1 is 1.08 bits per heavy atom. The van der Waals surface area contributed by atoms with E-state index in [0.717, 1.165) is 70.2 Å². The van der Waals surface area contributed by atoms with Crippen LogP contribution in [0, 0.1) is 6.92 Å². The number of pyridine rings is 1. The molecule has 0 radical (unpaired) electrons. The standard InChI is InChI=1S/C32H32N4O2/c1-19-15-28-25(22-16-20-5-2-3-8-29(20)34-18-22)6-4-7-26(28)31(35-19)21-9-14-27(32(33)38)30(17-21)36-23-10-12-24(37)13-11-23/h2-9,14-18,23-24,29,34,36-37H,10-13H2,1H3,(H2,33,38). The summed E-state index contributed by atoms with van der Waals surface area (Å²) in [7, 11) is 0. The van der Waals surface area contributed by atoms with Crippen molar-refractivity contribution in [2.45, 2.75) is 50.8 Å². The number of hydrogen-bond acceptors (Lipinski definition) is 5. The minimum Gasteiger partial charge on any atom is -0.393 e. The van der Waals surface area contributed by atoms with Crippen LogP contribution < -0.4 is 16.4 Å². The topological polar surface area (TPSA) is 100 Å². The van der Waals surface area contributed by atoms with Crippen molar-refractivity contribution in [1.82, 2.24) is 10.3 Å². The van der Waals surface area contributed by atoms with Crippen molar-refractivity contribution in [3.8, 4) is 11.3 Å². The van der Waals surface area contributed by atoms with E-state index in [0.29, 0.717) is 5.56 Å². The molecule has 1 aliphatic heterocycles. The summed E-state index contributed by atoms with van der Waals surface area (Å²) < 4.78 is 0. The molecular formula is C32H32N4O2. The Bertz CT molecular complexity index is 1540. The number of aliphatic hydroxyl groups is 1. The van der Waals surface area contributed by atoms with Crippen LogP contribution in [0.25, 0.3) is 27.6 Å². The number of carbonyl (C=O) groups is 1. The highest BCUT2D eigenvalue weighted by Crippen LogP contribution is 2.36. The number of aromatic nitrogens is 1. The molecule has 1 amide bonds. The molecule has 0 saturated heterocycles. The van der Waals surface area contributed by atoms with Crippen LogP contribution in [0.2, 0.25) is 0 Å². The second-order valence-corrected chi connectivity index (χ2v) is 10.4. The van der Waals surface area contributed by atoms with Gasteiger partial charge in [-0.3, -0.25) is 9.78 Å². The van der Waals surface area contributed by atoms with Gasteiger partial charge in [-0.05, 0) is 79.0 Å². The second-order valence-electron chi connectivity index (χ2n) is 10.4. The Balaban J connectivity index is 1.42. The van der Waals surface area contributed by atoms with Crippen molar-refractivity contribution < 1.29 is 9.90 Å². The van der Waals surface area contributed by atoms with Gasteiger partial charge in [-0.1, -0.05) is 48.6 Å². The van der Waals surface area contributed by atoms with E-state index in [4.69, 9.17) is 10.7 Å². The van der Waals surface area contributed by atoms with Gasteiger partial charge in [0.25, 0.3) is 5.91 Å². The number of carbonyl (C=O) groups excluding carboxylic acids is 1. The maximum Gasteiger partial charge on any atom is 0.250 e. The number of aliphatic hydroxyl groups excluding tert-OH is 1. The Morgan fingerprint density at radius 2 is 1.92 bits per heavy atom. The number of nitrogens with one attached hydrogen (secondary N) is 2. The number of benzene rings is 2. The van der Waals surface area contributed by atoms with Crippen molar-refractivity contribution in [1.29, 1.82) is 0 Å². The average Bonchev–Trinajstić information content (AvgIpc) is 2.93. The molecular weight excluding hydrogens is 472 g/mol. The van der Waals surface area contributed by atoms with E-state index >= 15 is 0 Å². The number of hydrogen-bond donors (Lipinski definition) is 4. The molecule has 0 spiro atoms. The molecule has 0 bridgehead atoms. The SMILES string of the molecule is Cc1cc2c(C3=CNC4C=CC=CC4=C3)cccc2c(-c2ccc(C(N)=O)c(NC3CCC(O)CC3)c2)n1. The molecule has 1 unspecified atom stereocenters. The first kappa shape index (κ1) is 24.2. The van der Waals surface area contributed by atoms with E-state index < -0.39 is 5.91 Å². The lowest BCUT2D eigenvalue weighted by Crippen LogP contribution is -2.29. The maximum absolute atomic E-state index is 12.2. The summed E-state index contributed by atoms with van der Waals surface area (Å²) >= 11 is 0. The Hall–Kier alpha value is -4.16. The number of aryl methyl sites for hydroxylation is 1. The minimum absolute atomic E-state index is 0.187. The molecule has 2 aliphatic carbocycles. The van der Waals surface area contributed by atoms with Gasteiger partial charge < -0.3 is 21.5 Å². The average molecular weight is 505 g/mol. The van der Waals surface area contributed by atoms with Gasteiger partial charge in [0.15, 0.2) is 0 Å². The molecule has 38 heavy (non-hydrogen) atoms. The van der Waals surface area contributed by atoms with E-state index in [-0.39, 0.29) is 18.2 Å². The van der Waals surface area contributed by atoms with Crippen molar-refractivity contribution >= 4 is 27.9 Å². The quantitative estimate of drug-likeness (QED) is 0.373. The fourth-order valence-electron chi connectivity index (χ4n) is 5.75. The van der Waals surface area contributed by atoms with Crippen LogP contribution in [-0.4, -0.2) is 34.2 Å². The highest BCUT2D eigenvalue weighted by molar-refractivity contribution is 6.04. The van der Waals surface area contributed by atoms with E-state index in [1.807, 2.05) is 19.1 Å². The largest absolute Gasteiger partial charge is 0.393 e. The first-order valence-corrected chi connectivity index (χ1v) is 13.3. The number of nitrogens with zero attached hydrogens (tertiary/aromatic N) is 1. The molecule has 6 rings (SSSR count). The van der Waals surface area contributed by atoms with Gasteiger partial charge in [-0.25, -0.2) is 0 Å². The monoisotopic (exact) mass is 504 g/mol. The Labute approximate surface area is 222 Å². The van der Waals surface area contributed by atoms with Crippen LogP contribution in [0.4, 0.5) is 5.69 Å². The van der Waals surface area contributed by atoms with E-state index in [2.05, 4.69) is 71.5 Å². The van der Waals surface area contributed by atoms with Crippen molar-refractivity contribution in [2.75, 3.05) is 5.32 Å². The molecule has 1 saturated carbocycles. The predicted octanol–water partition coefficient (Wildman–Crippen LogP) is 5.39. The van der Waals surface area contributed by atoms with E-state index in [1.54, 1.807) is 6.07 Å². The number of fused-ring (bicyclic) bond motifs is 2. The number of primary amides is 1. The number of anilines is 1. The summed E-state index contributed by atoms with van der Waals surface area (Å²) in [5.41, 5.74) is 13.1. The van der Waals surface area contributed by atoms with Crippen LogP contribution in [-0.2, 0) is 0 Å². The third kappa shape index (κ3) is 4.63. The van der Waals surface area contributed by atoms with Gasteiger partial charge in [0, 0.05) is 34.6 Å². The summed E-state index contributed by atoms with van der Waals surface area (Å²) in [6, 6.07) is 14.6. The van der Waals surface area contributed by atoms with Gasteiger partial charge in [0.2, 0.25) is 0 Å². The molecule has 6 heteroatoms. The fourth-order valence-corrected chi connectivity index (χ4v) is 5.75. The van der Waals surface area contributed by atoms with E-state index in [1.165, 1.54) is 5.57 Å². The molecule has 1 atom stereocenters. The Morgan fingerprint density at radius 3 is 2.74 bits per heavy atom. The van der Waals surface area contributed by atoms with Crippen LogP contribution in [0.1, 0.15) is 47.3 Å². The lowest BCUT2D eigenvalue weighted by molar-refractivity contribution is 0.100. The number of allylic oxidation sites excluding steroid dienone is 4. The second kappa shape index (κ2) is 9.95. The van der Waals surface area contributed by atoms with Crippen molar-refractivity contribution in [3.05, 3.63) is 101 Å². The smallest absolute Gasteiger partial charge is 0.250 e. The molecule has 6 nitrogen and oxygen atoms in total. The number of rotatable bonds is 5. The summed E-state index contributed by atoms with van der Waals surface area (Å²) in [4.78, 5) is 17.2. The molecule has 192 valence electrons. The number of nitrogens with two attached hydrogens (primary N) is 1. The molecule has 3 aromatic rings. The number of dihydropyridines is 1. The zero-order valence-electron chi connectivity index (χ0n) is 21.4. The summed E-state index contributed by atoms with van der Waals surface area (Å²) in [5.74, 6) is -0.464. The fraction of sp³-hybridized carbons (Fsp3) is 0.250. The summed E-state index contributed by atoms with van der Waals surface area (Å²) in [6.45, 7) is 2.01. The predicted molar refractivity (Wildman–Crippen MR) is 154 cm³/mol. The highest BCUT2D eigenvalue weighted by atomic mass is 16.3. The van der Waals surface area contributed by atoms with E-state index in [9.17, 15) is 9.90 Å². The third-order valence-corrected chi connectivity index (χ3v) is 7.73. The molecule has 3 aliphatic rings. The van der Waals surface area contributed by atoms with Crippen LogP contribution >= 0.6 is 0 Å². The first-order valence-electron chi connectivity index (χ1n) is 13.3. The molecule has 5 N–H and O–H groups in total.